The number of fused-ring (bicyclic) bond motifs is 1. The molecule has 1 fully saturated rings. The fourth-order valence-corrected chi connectivity index (χ4v) is 2.95. The van der Waals surface area contributed by atoms with Gasteiger partial charge in [0, 0.05) is 42.7 Å². The van der Waals surface area contributed by atoms with Crippen molar-refractivity contribution in [1.29, 1.82) is 0 Å². The second-order valence-corrected chi connectivity index (χ2v) is 6.47. The fourth-order valence-electron chi connectivity index (χ4n) is 2.95. The number of rotatable bonds is 8. The Labute approximate surface area is 147 Å². The van der Waals surface area contributed by atoms with Gasteiger partial charge in [0.05, 0.1) is 6.61 Å². The molecule has 6 nitrogen and oxygen atoms in total. The zero-order valence-electron chi connectivity index (χ0n) is 14.8. The van der Waals surface area contributed by atoms with Crippen molar-refractivity contribution < 1.29 is 14.3 Å². The van der Waals surface area contributed by atoms with E-state index in [1.54, 1.807) is 7.11 Å². The molecule has 0 aliphatic heterocycles. The highest BCUT2D eigenvalue weighted by atomic mass is 16.5. The van der Waals surface area contributed by atoms with Crippen molar-refractivity contribution in [2.45, 2.75) is 32.7 Å². The van der Waals surface area contributed by atoms with Gasteiger partial charge in [-0.1, -0.05) is 6.92 Å². The van der Waals surface area contributed by atoms with E-state index in [9.17, 15) is 9.59 Å². The van der Waals surface area contributed by atoms with Crippen molar-refractivity contribution in [3.63, 3.8) is 0 Å². The van der Waals surface area contributed by atoms with E-state index < -0.39 is 0 Å². The van der Waals surface area contributed by atoms with Gasteiger partial charge in [-0.05, 0) is 43.5 Å². The minimum absolute atomic E-state index is 0.0878. The summed E-state index contributed by atoms with van der Waals surface area (Å²) in [7, 11) is 1.61. The zero-order valence-corrected chi connectivity index (χ0v) is 14.8. The summed E-state index contributed by atoms with van der Waals surface area (Å²) < 4.78 is 7.01. The number of hydrogen-bond donors (Lipinski definition) is 2. The average Bonchev–Trinajstić information content (AvgIpc) is 3.39. The maximum absolute atomic E-state index is 12.5. The van der Waals surface area contributed by atoms with E-state index in [1.807, 2.05) is 28.8 Å². The average molecular weight is 343 g/mol. The molecule has 134 valence electrons. The van der Waals surface area contributed by atoms with Crippen LogP contribution >= 0.6 is 0 Å². The van der Waals surface area contributed by atoms with Gasteiger partial charge >= 0.3 is 0 Å². The van der Waals surface area contributed by atoms with Crippen LogP contribution in [-0.4, -0.2) is 36.6 Å². The third-order valence-corrected chi connectivity index (χ3v) is 4.39. The molecule has 25 heavy (non-hydrogen) atoms. The van der Waals surface area contributed by atoms with Crippen LogP contribution in [0.1, 0.15) is 36.7 Å². The van der Waals surface area contributed by atoms with E-state index in [0.29, 0.717) is 18.8 Å². The van der Waals surface area contributed by atoms with Crippen molar-refractivity contribution >= 4 is 28.4 Å². The van der Waals surface area contributed by atoms with Crippen LogP contribution in [0.3, 0.4) is 0 Å². The standard InChI is InChI=1S/C19H25N3O3/c1-3-9-22-16-7-6-15(21-18(23)13-4-5-13)11-14(16)12-17(22)19(24)20-8-10-25-2/h6-7,11-13H,3-5,8-10H2,1-2H3,(H,20,24)(H,21,23). The van der Waals surface area contributed by atoms with Crippen LogP contribution in [0, 0.1) is 5.92 Å². The Bertz CT molecular complexity index is 778. The highest BCUT2D eigenvalue weighted by Crippen LogP contribution is 2.31. The molecule has 0 atom stereocenters. The Kier molecular flexibility index (Phi) is 5.38. The first-order chi connectivity index (χ1) is 12.1. The van der Waals surface area contributed by atoms with E-state index in [2.05, 4.69) is 17.6 Å². The summed E-state index contributed by atoms with van der Waals surface area (Å²) in [5.74, 6) is 0.151. The number of carbonyl (C=O) groups excluding carboxylic acids is 2. The molecule has 0 unspecified atom stereocenters. The SMILES string of the molecule is CCCn1c(C(=O)NCCOC)cc2cc(NC(=O)C3CC3)ccc21. The highest BCUT2D eigenvalue weighted by Gasteiger charge is 2.29. The Morgan fingerprint density at radius 2 is 2.08 bits per heavy atom. The summed E-state index contributed by atoms with van der Waals surface area (Å²) in [5, 5.41) is 6.80. The minimum Gasteiger partial charge on any atom is -0.383 e. The first-order valence-corrected chi connectivity index (χ1v) is 8.85. The molecular weight excluding hydrogens is 318 g/mol. The van der Waals surface area contributed by atoms with Gasteiger partial charge in [-0.2, -0.15) is 0 Å². The lowest BCUT2D eigenvalue weighted by molar-refractivity contribution is -0.117. The molecule has 0 radical (unpaired) electrons. The summed E-state index contributed by atoms with van der Waals surface area (Å²) in [5.41, 5.74) is 2.42. The van der Waals surface area contributed by atoms with Gasteiger partial charge in [0.2, 0.25) is 5.91 Å². The quantitative estimate of drug-likeness (QED) is 0.724. The van der Waals surface area contributed by atoms with Gasteiger partial charge in [-0.15, -0.1) is 0 Å². The van der Waals surface area contributed by atoms with Crippen molar-refractivity contribution in [2.24, 2.45) is 5.92 Å². The number of ether oxygens (including phenoxy) is 1. The van der Waals surface area contributed by atoms with Gasteiger partial charge in [-0.3, -0.25) is 9.59 Å². The maximum Gasteiger partial charge on any atom is 0.268 e. The Morgan fingerprint density at radius 1 is 1.28 bits per heavy atom. The molecule has 1 aliphatic rings. The molecular formula is C19H25N3O3. The Hall–Kier alpha value is -2.34. The van der Waals surface area contributed by atoms with E-state index in [4.69, 9.17) is 4.74 Å². The normalized spacial score (nSPS) is 13.8. The molecule has 2 amide bonds. The number of hydrogen-bond acceptors (Lipinski definition) is 3. The summed E-state index contributed by atoms with van der Waals surface area (Å²) in [4.78, 5) is 24.4. The van der Waals surface area contributed by atoms with Crippen LogP contribution < -0.4 is 10.6 Å². The number of amides is 2. The van der Waals surface area contributed by atoms with Crippen LogP contribution in [0.2, 0.25) is 0 Å². The number of anilines is 1. The number of nitrogens with one attached hydrogen (secondary N) is 2. The number of carbonyl (C=O) groups is 2. The molecule has 2 aromatic rings. The van der Waals surface area contributed by atoms with E-state index in [-0.39, 0.29) is 17.7 Å². The van der Waals surface area contributed by atoms with Crippen LogP contribution in [-0.2, 0) is 16.1 Å². The molecule has 0 bridgehead atoms. The third-order valence-electron chi connectivity index (χ3n) is 4.39. The van der Waals surface area contributed by atoms with Crippen molar-refractivity contribution in [3.05, 3.63) is 30.0 Å². The monoisotopic (exact) mass is 343 g/mol. The second kappa shape index (κ2) is 7.70. The molecule has 6 heteroatoms. The molecule has 0 saturated heterocycles. The van der Waals surface area contributed by atoms with Gasteiger partial charge in [0.25, 0.3) is 5.91 Å². The van der Waals surface area contributed by atoms with Gasteiger partial charge in [0.15, 0.2) is 0 Å². The lowest BCUT2D eigenvalue weighted by atomic mass is 10.2. The van der Waals surface area contributed by atoms with Gasteiger partial charge in [-0.25, -0.2) is 0 Å². The number of aromatic nitrogens is 1. The Morgan fingerprint density at radius 3 is 2.76 bits per heavy atom. The van der Waals surface area contributed by atoms with Crippen molar-refractivity contribution in [1.82, 2.24) is 9.88 Å². The van der Waals surface area contributed by atoms with Crippen LogP contribution in [0.15, 0.2) is 24.3 Å². The molecule has 0 spiro atoms. The summed E-state index contributed by atoms with van der Waals surface area (Å²) in [6.45, 7) is 3.82. The van der Waals surface area contributed by atoms with Crippen LogP contribution in [0.4, 0.5) is 5.69 Å². The van der Waals surface area contributed by atoms with Gasteiger partial charge < -0.3 is 19.9 Å². The lowest BCUT2D eigenvalue weighted by Gasteiger charge is -2.10. The predicted octanol–water partition coefficient (Wildman–Crippen LogP) is 2.78. The molecule has 1 aromatic carbocycles. The first-order valence-electron chi connectivity index (χ1n) is 8.85. The number of nitrogens with zero attached hydrogens (tertiary/aromatic N) is 1. The molecule has 1 aliphatic carbocycles. The van der Waals surface area contributed by atoms with E-state index >= 15 is 0 Å². The summed E-state index contributed by atoms with van der Waals surface area (Å²) >= 11 is 0. The fraction of sp³-hybridized carbons (Fsp3) is 0.474. The summed E-state index contributed by atoms with van der Waals surface area (Å²) in [6, 6.07) is 7.70. The number of benzene rings is 1. The lowest BCUT2D eigenvalue weighted by Crippen LogP contribution is -2.28. The first kappa shape index (κ1) is 17.5. The molecule has 1 heterocycles. The highest BCUT2D eigenvalue weighted by molar-refractivity contribution is 6.01. The van der Waals surface area contributed by atoms with Crippen molar-refractivity contribution in [2.75, 3.05) is 25.6 Å². The van der Waals surface area contributed by atoms with Crippen LogP contribution in [0.5, 0.6) is 0 Å². The van der Waals surface area contributed by atoms with Crippen molar-refractivity contribution in [3.8, 4) is 0 Å². The number of methoxy groups -OCH3 is 1. The molecule has 1 aromatic heterocycles. The van der Waals surface area contributed by atoms with E-state index in [1.165, 1.54) is 0 Å². The van der Waals surface area contributed by atoms with E-state index in [0.717, 1.165) is 42.4 Å². The minimum atomic E-state index is -0.106. The zero-order chi connectivity index (χ0) is 17.8. The maximum atomic E-state index is 12.5. The largest absolute Gasteiger partial charge is 0.383 e. The predicted molar refractivity (Wildman–Crippen MR) is 97.8 cm³/mol. The topological polar surface area (TPSA) is 72.4 Å². The smallest absolute Gasteiger partial charge is 0.268 e. The van der Waals surface area contributed by atoms with Gasteiger partial charge in [0.1, 0.15) is 5.69 Å². The Balaban J connectivity index is 1.86. The molecule has 3 rings (SSSR count). The molecule has 1 saturated carbocycles. The molecule has 2 N–H and O–H groups in total. The van der Waals surface area contributed by atoms with Crippen LogP contribution in [0.25, 0.3) is 10.9 Å². The third kappa shape index (κ3) is 4.02. The number of aryl methyl sites for hydroxylation is 1. The summed E-state index contributed by atoms with van der Waals surface area (Å²) in [6.07, 6.45) is 2.89. The second-order valence-electron chi connectivity index (χ2n) is 6.47.